The van der Waals surface area contributed by atoms with Gasteiger partial charge in [0, 0.05) is 11.6 Å². The van der Waals surface area contributed by atoms with Gasteiger partial charge in [-0.15, -0.1) is 0 Å². The Balaban J connectivity index is 1.64. The maximum Gasteiger partial charge on any atom is 0.410 e. The Hall–Kier alpha value is -3.14. The van der Waals surface area contributed by atoms with E-state index < -0.39 is 11.4 Å². The lowest BCUT2D eigenvalue weighted by molar-refractivity contribution is 0.0240. The number of aromatic nitrogens is 1. The summed E-state index contributed by atoms with van der Waals surface area (Å²) in [5, 5.41) is 8.78. The van der Waals surface area contributed by atoms with Crippen LogP contribution in [0.4, 0.5) is 9.18 Å². The zero-order valence-electron chi connectivity index (χ0n) is 15.5. The number of fused-ring (bicyclic) bond motifs is 1. The van der Waals surface area contributed by atoms with Crippen molar-refractivity contribution >= 4 is 6.09 Å². The maximum absolute atomic E-state index is 13.9. The van der Waals surface area contributed by atoms with Crippen molar-refractivity contribution in [2.24, 2.45) is 0 Å². The minimum Gasteiger partial charge on any atom is -0.473 e. The molecule has 0 N–H and O–H groups in total. The van der Waals surface area contributed by atoms with Crippen LogP contribution in [0.25, 0.3) is 0 Å². The fourth-order valence-corrected chi connectivity index (χ4v) is 2.65. The number of amides is 1. The van der Waals surface area contributed by atoms with Crippen LogP contribution in [-0.4, -0.2) is 21.6 Å². The van der Waals surface area contributed by atoms with E-state index in [1.807, 2.05) is 32.9 Å². The molecule has 3 rings (SSSR count). The molecule has 2 heterocycles. The Morgan fingerprint density at radius 2 is 2.07 bits per heavy atom. The van der Waals surface area contributed by atoms with Crippen LogP contribution in [0.5, 0.6) is 5.88 Å². The van der Waals surface area contributed by atoms with Gasteiger partial charge in [0.1, 0.15) is 18.0 Å². The topological polar surface area (TPSA) is 75.4 Å². The Bertz CT molecular complexity index is 916. The van der Waals surface area contributed by atoms with Crippen LogP contribution in [0.2, 0.25) is 0 Å². The zero-order valence-corrected chi connectivity index (χ0v) is 15.5. The predicted octanol–water partition coefficient (Wildman–Crippen LogP) is 3.92. The van der Waals surface area contributed by atoms with E-state index in [-0.39, 0.29) is 18.3 Å². The molecule has 1 aliphatic heterocycles. The van der Waals surface area contributed by atoms with Gasteiger partial charge >= 0.3 is 6.09 Å². The van der Waals surface area contributed by atoms with E-state index in [2.05, 4.69) is 4.98 Å². The fourth-order valence-electron chi connectivity index (χ4n) is 2.65. The number of benzene rings is 1. The van der Waals surface area contributed by atoms with Crippen LogP contribution in [0.15, 0.2) is 30.3 Å². The number of hydrogen-bond acceptors (Lipinski definition) is 5. The highest BCUT2D eigenvalue weighted by atomic mass is 19.1. The highest BCUT2D eigenvalue weighted by molar-refractivity contribution is 5.69. The third-order valence-corrected chi connectivity index (χ3v) is 3.95. The fraction of sp³-hybridized carbons (Fsp3) is 0.350. The number of halogens is 1. The molecule has 27 heavy (non-hydrogen) atoms. The lowest BCUT2D eigenvalue weighted by Crippen LogP contribution is -2.33. The molecule has 140 valence electrons. The quantitative estimate of drug-likeness (QED) is 0.820. The van der Waals surface area contributed by atoms with Gasteiger partial charge in [-0.25, -0.2) is 14.2 Å². The first-order chi connectivity index (χ1) is 12.7. The van der Waals surface area contributed by atoms with E-state index in [1.54, 1.807) is 11.0 Å². The molecule has 0 atom stereocenters. The number of rotatable bonds is 3. The highest BCUT2D eigenvalue weighted by Crippen LogP contribution is 2.25. The van der Waals surface area contributed by atoms with Crippen molar-refractivity contribution in [3.63, 3.8) is 0 Å². The second-order valence-corrected chi connectivity index (χ2v) is 7.30. The van der Waals surface area contributed by atoms with Gasteiger partial charge in [0.25, 0.3) is 0 Å². The van der Waals surface area contributed by atoms with Gasteiger partial charge in [-0.1, -0.05) is 6.07 Å². The van der Waals surface area contributed by atoms with Crippen LogP contribution < -0.4 is 4.74 Å². The Morgan fingerprint density at radius 1 is 1.30 bits per heavy atom. The van der Waals surface area contributed by atoms with Gasteiger partial charge in [-0.2, -0.15) is 5.26 Å². The Kier molecular flexibility index (Phi) is 5.00. The van der Waals surface area contributed by atoms with Crippen molar-refractivity contribution in [3.05, 3.63) is 58.5 Å². The first-order valence-corrected chi connectivity index (χ1v) is 8.53. The monoisotopic (exact) mass is 369 g/mol. The number of carbonyl (C=O) groups excluding carboxylic acids is 1. The van der Waals surface area contributed by atoms with Crippen LogP contribution in [0, 0.1) is 17.1 Å². The van der Waals surface area contributed by atoms with E-state index in [4.69, 9.17) is 14.7 Å². The van der Waals surface area contributed by atoms with Crippen LogP contribution >= 0.6 is 0 Å². The molecule has 2 aromatic rings. The van der Waals surface area contributed by atoms with E-state index in [9.17, 15) is 9.18 Å². The summed E-state index contributed by atoms with van der Waals surface area (Å²) in [5.41, 5.74) is 1.70. The number of hydrogen-bond donors (Lipinski definition) is 0. The number of nitrogens with zero attached hydrogens (tertiary/aromatic N) is 3. The van der Waals surface area contributed by atoms with Crippen molar-refractivity contribution in [2.75, 3.05) is 0 Å². The van der Waals surface area contributed by atoms with Gasteiger partial charge < -0.3 is 9.47 Å². The zero-order chi connectivity index (χ0) is 19.6. The van der Waals surface area contributed by atoms with E-state index in [0.717, 1.165) is 11.3 Å². The van der Waals surface area contributed by atoms with E-state index in [1.165, 1.54) is 18.2 Å². The minimum atomic E-state index is -0.557. The van der Waals surface area contributed by atoms with Gasteiger partial charge in [-0.05, 0) is 44.5 Å². The molecule has 1 aromatic heterocycles. The van der Waals surface area contributed by atoms with Crippen molar-refractivity contribution < 1.29 is 18.7 Å². The average Bonchev–Trinajstić information content (AvgIpc) is 3.02. The first kappa shape index (κ1) is 18.6. The predicted molar refractivity (Wildman–Crippen MR) is 95.2 cm³/mol. The largest absolute Gasteiger partial charge is 0.473 e. The van der Waals surface area contributed by atoms with Gasteiger partial charge in [-0.3, -0.25) is 4.90 Å². The van der Waals surface area contributed by atoms with Gasteiger partial charge in [0.2, 0.25) is 5.88 Å². The molecule has 6 nitrogen and oxygen atoms in total. The molecule has 0 unspecified atom stereocenters. The summed E-state index contributed by atoms with van der Waals surface area (Å²) in [6, 6.07) is 9.66. The highest BCUT2D eigenvalue weighted by Gasteiger charge is 2.28. The third-order valence-electron chi connectivity index (χ3n) is 3.95. The second kappa shape index (κ2) is 7.23. The summed E-state index contributed by atoms with van der Waals surface area (Å²) >= 11 is 0. The Labute approximate surface area is 157 Å². The second-order valence-electron chi connectivity index (χ2n) is 7.30. The molecule has 0 saturated carbocycles. The lowest BCUT2D eigenvalue weighted by Gasteiger charge is -2.23. The maximum atomic E-state index is 13.9. The van der Waals surface area contributed by atoms with E-state index >= 15 is 0 Å². The summed E-state index contributed by atoms with van der Waals surface area (Å²) in [6.07, 6.45) is -0.386. The van der Waals surface area contributed by atoms with Gasteiger partial charge in [0.15, 0.2) is 0 Å². The number of nitriles is 1. The summed E-state index contributed by atoms with van der Waals surface area (Å²) in [5.74, 6) is -0.144. The van der Waals surface area contributed by atoms with Crippen LogP contribution in [0.3, 0.4) is 0 Å². The summed E-state index contributed by atoms with van der Waals surface area (Å²) < 4.78 is 24.9. The SMILES string of the molecule is CC(C)(C)OC(=O)N1Cc2ccc(OCc3ccc(C#N)cc3F)nc2C1. The molecule has 0 saturated heterocycles. The molecular formula is C20H20FN3O3. The number of carbonyl (C=O) groups is 1. The summed E-state index contributed by atoms with van der Waals surface area (Å²) in [7, 11) is 0. The third kappa shape index (κ3) is 4.53. The molecule has 1 amide bonds. The summed E-state index contributed by atoms with van der Waals surface area (Å²) in [4.78, 5) is 18.2. The molecule has 0 bridgehead atoms. The molecule has 1 aromatic carbocycles. The first-order valence-electron chi connectivity index (χ1n) is 8.53. The number of pyridine rings is 1. The average molecular weight is 369 g/mol. The molecule has 7 heteroatoms. The van der Waals surface area contributed by atoms with Crippen LogP contribution in [0.1, 0.15) is 43.2 Å². The van der Waals surface area contributed by atoms with Crippen molar-refractivity contribution in [3.8, 4) is 11.9 Å². The smallest absolute Gasteiger partial charge is 0.410 e. The standard InChI is InChI=1S/C20H20FN3O3/c1-20(2,3)27-19(25)24-10-14-6-7-18(23-17(14)11-24)26-12-15-5-4-13(9-22)8-16(15)21/h4-8H,10-12H2,1-3H3. The normalized spacial score (nSPS) is 13.1. The Morgan fingerprint density at radius 3 is 2.74 bits per heavy atom. The molecule has 0 radical (unpaired) electrons. The molecule has 0 aliphatic carbocycles. The van der Waals surface area contributed by atoms with Crippen LogP contribution in [-0.2, 0) is 24.4 Å². The minimum absolute atomic E-state index is 0.000884. The number of ether oxygens (including phenoxy) is 2. The lowest BCUT2D eigenvalue weighted by atomic mass is 10.1. The molecule has 0 fully saturated rings. The molecular weight excluding hydrogens is 349 g/mol. The van der Waals surface area contributed by atoms with Crippen molar-refractivity contribution in [1.82, 2.24) is 9.88 Å². The summed E-state index contributed by atoms with van der Waals surface area (Å²) in [6.45, 7) is 6.23. The van der Waals surface area contributed by atoms with Gasteiger partial charge in [0.05, 0.1) is 30.4 Å². The van der Waals surface area contributed by atoms with Crippen molar-refractivity contribution in [2.45, 2.75) is 46.1 Å². The molecule has 1 aliphatic rings. The van der Waals surface area contributed by atoms with E-state index in [0.29, 0.717) is 24.5 Å². The molecule has 0 spiro atoms. The van der Waals surface area contributed by atoms with Crippen molar-refractivity contribution in [1.29, 1.82) is 5.26 Å².